The molecule has 0 spiro atoms. The molecule has 2 rings (SSSR count). The molecule has 0 saturated heterocycles. The second-order valence-electron chi connectivity index (χ2n) is 3.36. The average molecular weight is 257 g/mol. The Morgan fingerprint density at radius 3 is 2.89 bits per heavy atom. The van der Waals surface area contributed by atoms with Gasteiger partial charge in [-0.05, 0) is 23.6 Å². The number of rotatable bonds is 2. The molecule has 0 unspecified atom stereocenters. The van der Waals surface area contributed by atoms with E-state index in [1.54, 1.807) is 24.5 Å². The number of amides is 1. The number of nitrogens with one attached hydrogen (secondary N) is 1. The van der Waals surface area contributed by atoms with Crippen molar-refractivity contribution < 1.29 is 4.79 Å². The number of carbonyl (C=O) groups is 1. The highest BCUT2D eigenvalue weighted by molar-refractivity contribution is 7.12. The summed E-state index contributed by atoms with van der Waals surface area (Å²) in [4.78, 5) is 16.5. The van der Waals surface area contributed by atoms with Crippen LogP contribution in [0.15, 0.2) is 36.0 Å². The molecule has 4 nitrogen and oxygen atoms in total. The molecule has 90 valence electrons. The van der Waals surface area contributed by atoms with Crippen molar-refractivity contribution in [3.8, 4) is 11.8 Å². The molecule has 0 saturated carbocycles. The van der Waals surface area contributed by atoms with Gasteiger partial charge in [-0.1, -0.05) is 11.8 Å². The molecule has 0 aromatic carbocycles. The lowest BCUT2D eigenvalue weighted by Crippen LogP contribution is -2.11. The molecule has 0 aliphatic heterocycles. The van der Waals surface area contributed by atoms with Crippen molar-refractivity contribution in [3.63, 3.8) is 0 Å². The molecule has 1 amide bonds. The van der Waals surface area contributed by atoms with Crippen molar-refractivity contribution in [2.75, 3.05) is 11.9 Å². The third-order valence-electron chi connectivity index (χ3n) is 2.13. The minimum absolute atomic E-state index is 0.169. The summed E-state index contributed by atoms with van der Waals surface area (Å²) in [5.41, 5.74) is 6.73. The Morgan fingerprint density at radius 2 is 2.17 bits per heavy atom. The van der Waals surface area contributed by atoms with Gasteiger partial charge in [0.15, 0.2) is 0 Å². The van der Waals surface area contributed by atoms with Gasteiger partial charge in [0.1, 0.15) is 4.88 Å². The summed E-state index contributed by atoms with van der Waals surface area (Å²) in [6.07, 6.45) is 3.25. The number of thiophene rings is 1. The van der Waals surface area contributed by atoms with E-state index in [1.165, 1.54) is 11.3 Å². The third kappa shape index (κ3) is 2.94. The van der Waals surface area contributed by atoms with Gasteiger partial charge in [-0.25, -0.2) is 0 Å². The zero-order chi connectivity index (χ0) is 12.8. The van der Waals surface area contributed by atoms with Crippen LogP contribution in [0.2, 0.25) is 0 Å². The second kappa shape index (κ2) is 5.96. The van der Waals surface area contributed by atoms with E-state index in [0.717, 1.165) is 0 Å². The zero-order valence-electron chi connectivity index (χ0n) is 9.51. The second-order valence-corrected chi connectivity index (χ2v) is 4.28. The van der Waals surface area contributed by atoms with Crippen LogP contribution >= 0.6 is 11.3 Å². The minimum Gasteiger partial charge on any atom is -0.321 e. The van der Waals surface area contributed by atoms with Crippen molar-refractivity contribution in [2.24, 2.45) is 5.73 Å². The smallest absolute Gasteiger partial charge is 0.267 e. The molecule has 3 N–H and O–H groups in total. The Bertz CT molecular complexity index is 595. The fraction of sp³-hybridized carbons (Fsp3) is 0.0769. The van der Waals surface area contributed by atoms with Gasteiger partial charge in [0.2, 0.25) is 0 Å². The standard InChI is InChI=1S/C13H11N3OS/c14-6-1-2-10-5-9-18-12(10)13(17)16-11-3-7-15-8-4-11/h3-5,7-9H,6,14H2,(H,15,16,17). The molecule has 0 aliphatic rings. The summed E-state index contributed by atoms with van der Waals surface area (Å²) < 4.78 is 0. The van der Waals surface area contributed by atoms with Gasteiger partial charge < -0.3 is 11.1 Å². The molecular formula is C13H11N3OS. The van der Waals surface area contributed by atoms with Gasteiger partial charge in [0.05, 0.1) is 6.54 Å². The number of hydrogen-bond acceptors (Lipinski definition) is 4. The van der Waals surface area contributed by atoms with Crippen molar-refractivity contribution in [1.29, 1.82) is 0 Å². The van der Waals surface area contributed by atoms with Crippen molar-refractivity contribution in [1.82, 2.24) is 4.98 Å². The highest BCUT2D eigenvalue weighted by Gasteiger charge is 2.11. The largest absolute Gasteiger partial charge is 0.321 e. The van der Waals surface area contributed by atoms with Crippen LogP contribution in [0.25, 0.3) is 0 Å². The van der Waals surface area contributed by atoms with Crippen LogP contribution in [0.1, 0.15) is 15.2 Å². The van der Waals surface area contributed by atoms with E-state index in [4.69, 9.17) is 5.73 Å². The molecule has 0 atom stereocenters. The minimum atomic E-state index is -0.169. The number of anilines is 1. The first-order valence-electron chi connectivity index (χ1n) is 5.29. The number of aromatic nitrogens is 1. The summed E-state index contributed by atoms with van der Waals surface area (Å²) in [6.45, 7) is 0.279. The van der Waals surface area contributed by atoms with Gasteiger partial charge in [-0.15, -0.1) is 11.3 Å². The molecule has 2 heterocycles. The lowest BCUT2D eigenvalue weighted by Gasteiger charge is -2.02. The molecule has 2 aromatic heterocycles. The van der Waals surface area contributed by atoms with E-state index >= 15 is 0 Å². The lowest BCUT2D eigenvalue weighted by atomic mass is 10.2. The highest BCUT2D eigenvalue weighted by Crippen LogP contribution is 2.17. The van der Waals surface area contributed by atoms with Crippen LogP contribution in [0, 0.1) is 11.8 Å². The predicted molar refractivity (Wildman–Crippen MR) is 72.4 cm³/mol. The number of carbonyl (C=O) groups excluding carboxylic acids is 1. The maximum Gasteiger partial charge on any atom is 0.267 e. The van der Waals surface area contributed by atoms with E-state index in [-0.39, 0.29) is 12.5 Å². The quantitative estimate of drug-likeness (QED) is 0.805. The molecule has 18 heavy (non-hydrogen) atoms. The van der Waals surface area contributed by atoms with Gasteiger partial charge in [-0.2, -0.15) is 0 Å². The Hall–Kier alpha value is -2.16. The Labute approximate surface area is 109 Å². The Balaban J connectivity index is 2.17. The molecule has 0 bridgehead atoms. The van der Waals surface area contributed by atoms with Crippen molar-refractivity contribution >= 4 is 22.9 Å². The lowest BCUT2D eigenvalue weighted by molar-refractivity contribution is 0.103. The van der Waals surface area contributed by atoms with Gasteiger partial charge in [-0.3, -0.25) is 9.78 Å². The van der Waals surface area contributed by atoms with Crippen LogP contribution in [0.4, 0.5) is 5.69 Å². The number of pyridine rings is 1. The van der Waals surface area contributed by atoms with Crippen molar-refractivity contribution in [2.45, 2.75) is 0 Å². The average Bonchev–Trinajstić information content (AvgIpc) is 2.86. The van der Waals surface area contributed by atoms with Gasteiger partial charge in [0.25, 0.3) is 5.91 Å². The van der Waals surface area contributed by atoms with Crippen LogP contribution < -0.4 is 11.1 Å². The molecule has 0 aliphatic carbocycles. The topological polar surface area (TPSA) is 68.0 Å². The summed E-state index contributed by atoms with van der Waals surface area (Å²) >= 11 is 1.36. The number of nitrogens with zero attached hydrogens (tertiary/aromatic N) is 1. The zero-order valence-corrected chi connectivity index (χ0v) is 10.3. The monoisotopic (exact) mass is 257 g/mol. The summed E-state index contributed by atoms with van der Waals surface area (Å²) in [7, 11) is 0. The third-order valence-corrected chi connectivity index (χ3v) is 3.05. The molecule has 5 heteroatoms. The van der Waals surface area contributed by atoms with E-state index in [2.05, 4.69) is 22.1 Å². The van der Waals surface area contributed by atoms with Crippen LogP contribution in [-0.2, 0) is 0 Å². The summed E-state index contributed by atoms with van der Waals surface area (Å²) in [5.74, 6) is 5.46. The van der Waals surface area contributed by atoms with Crippen molar-refractivity contribution in [3.05, 3.63) is 46.4 Å². The summed E-state index contributed by atoms with van der Waals surface area (Å²) in [5, 5.41) is 4.63. The molecular weight excluding hydrogens is 246 g/mol. The SMILES string of the molecule is NCC#Cc1ccsc1C(=O)Nc1ccncc1. The maximum absolute atomic E-state index is 12.0. The highest BCUT2D eigenvalue weighted by atomic mass is 32.1. The van der Waals surface area contributed by atoms with E-state index in [1.807, 2.05) is 11.4 Å². The van der Waals surface area contributed by atoms with E-state index < -0.39 is 0 Å². The first-order chi connectivity index (χ1) is 8.81. The summed E-state index contributed by atoms with van der Waals surface area (Å²) in [6, 6.07) is 5.28. The van der Waals surface area contributed by atoms with E-state index in [9.17, 15) is 4.79 Å². The van der Waals surface area contributed by atoms with E-state index in [0.29, 0.717) is 16.1 Å². The van der Waals surface area contributed by atoms with Crippen LogP contribution in [-0.4, -0.2) is 17.4 Å². The predicted octanol–water partition coefficient (Wildman–Crippen LogP) is 1.71. The fourth-order valence-corrected chi connectivity index (χ4v) is 2.10. The van der Waals surface area contributed by atoms with Gasteiger partial charge in [0, 0.05) is 23.6 Å². The molecule has 2 aromatic rings. The first kappa shape index (κ1) is 12.3. The van der Waals surface area contributed by atoms with Crippen LogP contribution in [0.3, 0.4) is 0 Å². The number of nitrogens with two attached hydrogens (primary N) is 1. The normalized spacial score (nSPS) is 9.39. The first-order valence-corrected chi connectivity index (χ1v) is 6.17. The molecule has 0 fully saturated rings. The Morgan fingerprint density at radius 1 is 1.39 bits per heavy atom. The molecule has 0 radical (unpaired) electrons. The number of hydrogen-bond donors (Lipinski definition) is 2. The van der Waals surface area contributed by atoms with Gasteiger partial charge >= 0.3 is 0 Å². The maximum atomic E-state index is 12.0. The fourth-order valence-electron chi connectivity index (χ4n) is 1.35. The Kier molecular flexibility index (Phi) is 4.07. The van der Waals surface area contributed by atoms with Crippen LogP contribution in [0.5, 0.6) is 0 Å².